The molecule has 0 amide bonds. The molecule has 11 heteroatoms. The maximum absolute atomic E-state index is 12.7. The van der Waals surface area contributed by atoms with Crippen molar-refractivity contribution in [3.63, 3.8) is 0 Å². The Morgan fingerprint density at radius 1 is 1.19 bits per heavy atom. The summed E-state index contributed by atoms with van der Waals surface area (Å²) in [6.07, 6.45) is 1.46. The van der Waals surface area contributed by atoms with Crippen molar-refractivity contribution in [3.8, 4) is 0 Å². The standard InChI is InChI=1S/C15H14ClN3O5S2/c1-17-25(2,21)10-5-3-4-9(6-10)19-26(22,23)14-8-13-12(7-11(14)16)18-15(20)24-13/h3-8,19H,1-2H3,(H,18,20). The van der Waals surface area contributed by atoms with Crippen molar-refractivity contribution in [3.05, 3.63) is 52.0 Å². The first kappa shape index (κ1) is 18.5. The Morgan fingerprint density at radius 3 is 2.62 bits per heavy atom. The van der Waals surface area contributed by atoms with Gasteiger partial charge in [0.25, 0.3) is 10.0 Å². The van der Waals surface area contributed by atoms with E-state index in [-0.39, 0.29) is 26.7 Å². The molecular weight excluding hydrogens is 402 g/mol. The number of aromatic amines is 1. The third-order valence-corrected chi connectivity index (χ3v) is 7.31. The van der Waals surface area contributed by atoms with Crippen molar-refractivity contribution in [2.75, 3.05) is 18.0 Å². The van der Waals surface area contributed by atoms with Gasteiger partial charge in [-0.2, -0.15) is 0 Å². The van der Waals surface area contributed by atoms with E-state index in [0.29, 0.717) is 4.90 Å². The Hall–Kier alpha value is -2.30. The third-order valence-electron chi connectivity index (χ3n) is 3.63. The minimum absolute atomic E-state index is 0.0647. The monoisotopic (exact) mass is 415 g/mol. The van der Waals surface area contributed by atoms with E-state index < -0.39 is 25.5 Å². The van der Waals surface area contributed by atoms with Gasteiger partial charge in [0.05, 0.1) is 26.0 Å². The van der Waals surface area contributed by atoms with Crippen LogP contribution in [0.2, 0.25) is 5.02 Å². The van der Waals surface area contributed by atoms with E-state index in [1.165, 1.54) is 31.5 Å². The highest BCUT2D eigenvalue weighted by Gasteiger charge is 2.21. The van der Waals surface area contributed by atoms with Gasteiger partial charge in [0.15, 0.2) is 5.58 Å². The topological polar surface area (TPSA) is 122 Å². The molecule has 0 aliphatic rings. The van der Waals surface area contributed by atoms with Crippen LogP contribution in [0.15, 0.2) is 59.8 Å². The second kappa shape index (κ2) is 6.45. The van der Waals surface area contributed by atoms with E-state index >= 15 is 0 Å². The average Bonchev–Trinajstić information content (AvgIpc) is 2.92. The van der Waals surface area contributed by atoms with Gasteiger partial charge in [-0.05, 0) is 24.3 Å². The molecule has 0 aliphatic carbocycles. The van der Waals surface area contributed by atoms with Crippen LogP contribution in [0.25, 0.3) is 11.1 Å². The minimum Gasteiger partial charge on any atom is -0.408 e. The molecule has 0 saturated carbocycles. The van der Waals surface area contributed by atoms with E-state index in [1.807, 2.05) is 0 Å². The highest BCUT2D eigenvalue weighted by molar-refractivity contribution is 7.93. The van der Waals surface area contributed by atoms with Gasteiger partial charge in [-0.25, -0.2) is 21.8 Å². The van der Waals surface area contributed by atoms with E-state index in [1.54, 1.807) is 12.1 Å². The van der Waals surface area contributed by atoms with Gasteiger partial charge in [0.1, 0.15) is 4.90 Å². The summed E-state index contributed by atoms with van der Waals surface area (Å²) in [7, 11) is -5.26. The molecule has 0 fully saturated rings. The number of oxazole rings is 1. The summed E-state index contributed by atoms with van der Waals surface area (Å²) in [6, 6.07) is 8.57. The molecule has 0 aliphatic heterocycles. The Bertz CT molecular complexity index is 1280. The molecule has 26 heavy (non-hydrogen) atoms. The first-order valence-electron chi connectivity index (χ1n) is 7.18. The van der Waals surface area contributed by atoms with Crippen LogP contribution >= 0.6 is 11.6 Å². The number of H-pyrrole nitrogens is 1. The average molecular weight is 416 g/mol. The smallest absolute Gasteiger partial charge is 0.408 e. The van der Waals surface area contributed by atoms with Crippen LogP contribution < -0.4 is 10.5 Å². The summed E-state index contributed by atoms with van der Waals surface area (Å²) in [5.41, 5.74) is 0.554. The van der Waals surface area contributed by atoms with E-state index in [2.05, 4.69) is 14.1 Å². The van der Waals surface area contributed by atoms with Crippen molar-refractivity contribution in [2.24, 2.45) is 4.36 Å². The molecular formula is C15H14ClN3O5S2. The van der Waals surface area contributed by atoms with Gasteiger partial charge >= 0.3 is 5.76 Å². The highest BCUT2D eigenvalue weighted by atomic mass is 35.5. The number of rotatable bonds is 4. The lowest BCUT2D eigenvalue weighted by Crippen LogP contribution is -2.14. The predicted molar refractivity (Wildman–Crippen MR) is 99.8 cm³/mol. The van der Waals surface area contributed by atoms with Crippen molar-refractivity contribution in [1.82, 2.24) is 4.98 Å². The summed E-state index contributed by atoms with van der Waals surface area (Å²) in [4.78, 5) is 13.8. The SMILES string of the molecule is CN=S(C)(=O)c1cccc(NS(=O)(=O)c2cc3oc(=O)[nH]c3cc2Cl)c1. The molecule has 0 saturated heterocycles. The molecule has 0 spiro atoms. The zero-order chi connectivity index (χ0) is 19.1. The summed E-state index contributed by atoms with van der Waals surface area (Å²) in [6.45, 7) is 0. The zero-order valence-corrected chi connectivity index (χ0v) is 16.0. The number of hydrogen-bond acceptors (Lipinski definition) is 6. The van der Waals surface area contributed by atoms with Crippen LogP contribution in [0.1, 0.15) is 0 Å². The fourth-order valence-electron chi connectivity index (χ4n) is 2.27. The number of nitrogens with one attached hydrogen (secondary N) is 2. The van der Waals surface area contributed by atoms with Crippen LogP contribution in [-0.2, 0) is 19.8 Å². The Balaban J connectivity index is 2.05. The van der Waals surface area contributed by atoms with Crippen molar-refractivity contribution in [2.45, 2.75) is 9.79 Å². The number of anilines is 1. The normalized spacial score (nSPS) is 14.1. The molecule has 8 nitrogen and oxygen atoms in total. The van der Waals surface area contributed by atoms with E-state index in [9.17, 15) is 17.4 Å². The number of sulfonamides is 1. The van der Waals surface area contributed by atoms with E-state index in [0.717, 1.165) is 6.07 Å². The number of halogens is 1. The molecule has 1 heterocycles. The molecule has 3 rings (SSSR count). The van der Waals surface area contributed by atoms with Gasteiger partial charge in [0, 0.05) is 24.3 Å². The largest absolute Gasteiger partial charge is 0.417 e. The fraction of sp³-hybridized carbons (Fsp3) is 0.133. The summed E-state index contributed by atoms with van der Waals surface area (Å²) >= 11 is 6.05. The second-order valence-electron chi connectivity index (χ2n) is 5.41. The number of nitrogens with zero attached hydrogens (tertiary/aromatic N) is 1. The Kier molecular flexibility index (Phi) is 4.59. The van der Waals surface area contributed by atoms with Gasteiger partial charge in [-0.3, -0.25) is 9.71 Å². The van der Waals surface area contributed by atoms with E-state index in [4.69, 9.17) is 16.0 Å². The van der Waals surface area contributed by atoms with Crippen molar-refractivity contribution >= 4 is 48.1 Å². The maximum Gasteiger partial charge on any atom is 0.417 e. The molecule has 3 aromatic rings. The van der Waals surface area contributed by atoms with Crippen LogP contribution in [-0.4, -0.2) is 30.9 Å². The summed E-state index contributed by atoms with van der Waals surface area (Å²) < 4.78 is 48.8. The first-order valence-corrected chi connectivity index (χ1v) is 11.0. The van der Waals surface area contributed by atoms with Crippen LogP contribution in [0.3, 0.4) is 0 Å². The van der Waals surface area contributed by atoms with Gasteiger partial charge < -0.3 is 4.42 Å². The van der Waals surface area contributed by atoms with Gasteiger partial charge in [0.2, 0.25) is 0 Å². The van der Waals surface area contributed by atoms with Gasteiger partial charge in [-0.1, -0.05) is 17.7 Å². The van der Waals surface area contributed by atoms with Crippen molar-refractivity contribution < 1.29 is 17.0 Å². The minimum atomic E-state index is -4.08. The lowest BCUT2D eigenvalue weighted by molar-refractivity contribution is 0.554. The van der Waals surface area contributed by atoms with Crippen LogP contribution in [0, 0.1) is 0 Å². The second-order valence-corrected chi connectivity index (χ2v) is 9.91. The van der Waals surface area contributed by atoms with Crippen LogP contribution in [0.5, 0.6) is 0 Å². The lowest BCUT2D eigenvalue weighted by atomic mass is 10.3. The molecule has 1 atom stereocenters. The Morgan fingerprint density at radius 2 is 1.92 bits per heavy atom. The zero-order valence-electron chi connectivity index (χ0n) is 13.6. The maximum atomic E-state index is 12.7. The predicted octanol–water partition coefficient (Wildman–Crippen LogP) is 2.66. The number of aromatic nitrogens is 1. The fourth-order valence-corrected chi connectivity index (χ4v) is 4.75. The lowest BCUT2D eigenvalue weighted by Gasteiger charge is -2.11. The number of benzene rings is 2. The molecule has 1 unspecified atom stereocenters. The quantitative estimate of drug-likeness (QED) is 0.678. The number of fused-ring (bicyclic) bond motifs is 1. The Labute approximate surface area is 154 Å². The molecule has 2 N–H and O–H groups in total. The summed E-state index contributed by atoms with van der Waals surface area (Å²) in [5.74, 6) is -0.715. The molecule has 0 radical (unpaired) electrons. The molecule has 1 aromatic heterocycles. The molecule has 138 valence electrons. The third kappa shape index (κ3) is 3.48. The van der Waals surface area contributed by atoms with Crippen molar-refractivity contribution in [1.29, 1.82) is 0 Å². The number of hydrogen-bond donors (Lipinski definition) is 2. The molecule has 0 bridgehead atoms. The first-order chi connectivity index (χ1) is 12.1. The highest BCUT2D eigenvalue weighted by Crippen LogP contribution is 2.28. The van der Waals surface area contributed by atoms with Gasteiger partial charge in [-0.15, -0.1) is 0 Å². The van der Waals surface area contributed by atoms with Crippen LogP contribution in [0.4, 0.5) is 5.69 Å². The molecule has 2 aromatic carbocycles. The summed E-state index contributed by atoms with van der Waals surface area (Å²) in [5, 5.41) is -0.0824.